The maximum absolute atomic E-state index is 12.3. The lowest BCUT2D eigenvalue weighted by atomic mass is 10.2. The minimum atomic E-state index is -3.56. The molecule has 1 aliphatic rings. The van der Waals surface area contributed by atoms with Gasteiger partial charge in [-0.1, -0.05) is 12.1 Å². The molecule has 114 valence electrons. The third-order valence-electron chi connectivity index (χ3n) is 3.13. The first kappa shape index (κ1) is 16.1. The van der Waals surface area contributed by atoms with Crippen LogP contribution in [0.4, 0.5) is 0 Å². The summed E-state index contributed by atoms with van der Waals surface area (Å²) in [7, 11) is -3.56. The van der Waals surface area contributed by atoms with E-state index in [1.807, 2.05) is 11.8 Å². The van der Waals surface area contributed by atoms with Crippen LogP contribution in [0, 0.1) is 0 Å². The molecule has 1 heterocycles. The summed E-state index contributed by atoms with van der Waals surface area (Å²) in [5.74, 6) is 0.865. The largest absolute Gasteiger partial charge is 0.478 e. The standard InChI is InChI=1S/C14H17NO4S2/c16-14(17)5-4-11-2-1-3-13(10-11)21(18,19)15-12-6-8-20-9-7-12/h1-5,10,12,15H,6-9H2,(H,16,17)/b5-4+. The predicted octanol–water partition coefficient (Wildman–Crippen LogP) is 1.96. The van der Waals surface area contributed by atoms with Gasteiger partial charge in [-0.25, -0.2) is 17.9 Å². The van der Waals surface area contributed by atoms with Gasteiger partial charge in [-0.3, -0.25) is 0 Å². The Morgan fingerprint density at radius 3 is 2.71 bits per heavy atom. The average Bonchev–Trinajstić information content (AvgIpc) is 2.46. The molecule has 2 rings (SSSR count). The Morgan fingerprint density at radius 1 is 1.33 bits per heavy atom. The number of benzene rings is 1. The van der Waals surface area contributed by atoms with E-state index in [1.54, 1.807) is 12.1 Å². The van der Waals surface area contributed by atoms with Gasteiger partial charge in [-0.05, 0) is 48.1 Å². The van der Waals surface area contributed by atoms with E-state index in [0.29, 0.717) is 5.56 Å². The number of nitrogens with one attached hydrogen (secondary N) is 1. The summed E-state index contributed by atoms with van der Waals surface area (Å²) in [6.07, 6.45) is 4.03. The van der Waals surface area contributed by atoms with Gasteiger partial charge in [0.2, 0.25) is 10.0 Å². The van der Waals surface area contributed by atoms with Crippen molar-refractivity contribution in [1.29, 1.82) is 0 Å². The highest BCUT2D eigenvalue weighted by Crippen LogP contribution is 2.20. The van der Waals surface area contributed by atoms with Crippen molar-refractivity contribution >= 4 is 33.8 Å². The maximum Gasteiger partial charge on any atom is 0.328 e. The molecule has 0 spiro atoms. The van der Waals surface area contributed by atoms with E-state index in [1.165, 1.54) is 18.2 Å². The van der Waals surface area contributed by atoms with Crippen LogP contribution < -0.4 is 4.72 Å². The molecule has 1 aliphatic heterocycles. The number of carboxylic acid groups (broad SMARTS) is 1. The smallest absolute Gasteiger partial charge is 0.328 e. The van der Waals surface area contributed by atoms with Crippen LogP contribution in [0.3, 0.4) is 0 Å². The second-order valence-corrected chi connectivity index (χ2v) is 7.69. The number of carboxylic acids is 1. The van der Waals surface area contributed by atoms with Crippen molar-refractivity contribution < 1.29 is 18.3 Å². The van der Waals surface area contributed by atoms with Crippen LogP contribution in [0.1, 0.15) is 18.4 Å². The van der Waals surface area contributed by atoms with Gasteiger partial charge in [0.1, 0.15) is 0 Å². The van der Waals surface area contributed by atoms with Gasteiger partial charge in [0.25, 0.3) is 0 Å². The summed E-state index contributed by atoms with van der Waals surface area (Å²) >= 11 is 1.83. The van der Waals surface area contributed by atoms with Crippen LogP contribution in [0.25, 0.3) is 6.08 Å². The highest BCUT2D eigenvalue weighted by atomic mass is 32.2. The van der Waals surface area contributed by atoms with Crippen LogP contribution in [-0.2, 0) is 14.8 Å². The topological polar surface area (TPSA) is 83.5 Å². The van der Waals surface area contributed by atoms with Gasteiger partial charge in [0.15, 0.2) is 0 Å². The Morgan fingerprint density at radius 2 is 2.05 bits per heavy atom. The van der Waals surface area contributed by atoms with Crippen molar-refractivity contribution in [1.82, 2.24) is 4.72 Å². The number of sulfonamides is 1. The number of aliphatic carboxylic acids is 1. The third kappa shape index (κ3) is 4.87. The number of thioether (sulfide) groups is 1. The lowest BCUT2D eigenvalue weighted by molar-refractivity contribution is -0.131. The van der Waals surface area contributed by atoms with E-state index in [9.17, 15) is 13.2 Å². The molecule has 0 aliphatic carbocycles. The minimum Gasteiger partial charge on any atom is -0.478 e. The number of carbonyl (C=O) groups is 1. The van der Waals surface area contributed by atoms with Gasteiger partial charge in [0, 0.05) is 12.1 Å². The molecule has 0 saturated carbocycles. The molecule has 1 fully saturated rings. The van der Waals surface area contributed by atoms with Crippen LogP contribution in [0.2, 0.25) is 0 Å². The Balaban J connectivity index is 2.15. The maximum atomic E-state index is 12.3. The van der Waals surface area contributed by atoms with Crippen LogP contribution in [-0.4, -0.2) is 37.0 Å². The second kappa shape index (κ2) is 7.11. The van der Waals surface area contributed by atoms with E-state index in [0.717, 1.165) is 30.4 Å². The fourth-order valence-electron chi connectivity index (χ4n) is 2.06. The average molecular weight is 327 g/mol. The first-order chi connectivity index (χ1) is 9.97. The molecule has 0 bridgehead atoms. The number of hydrogen-bond acceptors (Lipinski definition) is 4. The molecule has 0 radical (unpaired) electrons. The van der Waals surface area contributed by atoms with E-state index >= 15 is 0 Å². The molecular formula is C14H17NO4S2. The predicted molar refractivity (Wildman–Crippen MR) is 83.8 cm³/mol. The van der Waals surface area contributed by atoms with Crippen molar-refractivity contribution in [3.05, 3.63) is 35.9 Å². The molecule has 2 N–H and O–H groups in total. The number of rotatable bonds is 5. The molecule has 1 aromatic carbocycles. The zero-order chi connectivity index (χ0) is 15.3. The van der Waals surface area contributed by atoms with Crippen molar-refractivity contribution in [3.8, 4) is 0 Å². The molecule has 0 amide bonds. The summed E-state index contributed by atoms with van der Waals surface area (Å²) in [4.78, 5) is 10.7. The van der Waals surface area contributed by atoms with Crippen molar-refractivity contribution in [3.63, 3.8) is 0 Å². The van der Waals surface area contributed by atoms with Gasteiger partial charge < -0.3 is 5.11 Å². The monoisotopic (exact) mass is 327 g/mol. The first-order valence-electron chi connectivity index (χ1n) is 6.58. The highest BCUT2D eigenvalue weighted by Gasteiger charge is 2.21. The Labute approximate surface area is 128 Å². The molecule has 0 atom stereocenters. The van der Waals surface area contributed by atoms with Crippen LogP contribution >= 0.6 is 11.8 Å². The zero-order valence-electron chi connectivity index (χ0n) is 11.4. The van der Waals surface area contributed by atoms with Crippen LogP contribution in [0.15, 0.2) is 35.2 Å². The SMILES string of the molecule is O=C(O)/C=C/c1cccc(S(=O)(=O)NC2CCSCC2)c1. The lowest BCUT2D eigenvalue weighted by Gasteiger charge is -2.22. The molecule has 1 aromatic rings. The molecule has 5 nitrogen and oxygen atoms in total. The van der Waals surface area contributed by atoms with Crippen LogP contribution in [0.5, 0.6) is 0 Å². The van der Waals surface area contributed by atoms with E-state index in [-0.39, 0.29) is 10.9 Å². The van der Waals surface area contributed by atoms with Gasteiger partial charge in [0.05, 0.1) is 4.90 Å². The summed E-state index contributed by atoms with van der Waals surface area (Å²) < 4.78 is 27.4. The molecule has 0 aromatic heterocycles. The van der Waals surface area contributed by atoms with Crippen molar-refractivity contribution in [2.24, 2.45) is 0 Å². The summed E-state index contributed by atoms with van der Waals surface area (Å²) in [5.41, 5.74) is 0.541. The van der Waals surface area contributed by atoms with E-state index in [2.05, 4.69) is 4.72 Å². The fraction of sp³-hybridized carbons (Fsp3) is 0.357. The first-order valence-corrected chi connectivity index (χ1v) is 9.22. The second-order valence-electron chi connectivity index (χ2n) is 4.75. The van der Waals surface area contributed by atoms with Gasteiger partial charge in [-0.2, -0.15) is 11.8 Å². The van der Waals surface area contributed by atoms with Crippen molar-refractivity contribution in [2.75, 3.05) is 11.5 Å². The molecule has 1 saturated heterocycles. The quantitative estimate of drug-likeness (QED) is 0.808. The Bertz CT molecular complexity index is 634. The molecule has 0 unspecified atom stereocenters. The zero-order valence-corrected chi connectivity index (χ0v) is 13.0. The molecule has 21 heavy (non-hydrogen) atoms. The van der Waals surface area contributed by atoms with Crippen molar-refractivity contribution in [2.45, 2.75) is 23.8 Å². The fourth-order valence-corrected chi connectivity index (χ4v) is 4.52. The lowest BCUT2D eigenvalue weighted by Crippen LogP contribution is -2.37. The van der Waals surface area contributed by atoms with E-state index in [4.69, 9.17) is 5.11 Å². The summed E-state index contributed by atoms with van der Waals surface area (Å²) in [5, 5.41) is 8.60. The van der Waals surface area contributed by atoms with Gasteiger partial charge >= 0.3 is 5.97 Å². The Kier molecular flexibility index (Phi) is 5.44. The minimum absolute atomic E-state index is 0.0190. The summed E-state index contributed by atoms with van der Waals surface area (Å²) in [6, 6.07) is 6.23. The highest BCUT2D eigenvalue weighted by molar-refractivity contribution is 7.99. The normalized spacial score (nSPS) is 17.1. The van der Waals surface area contributed by atoms with Gasteiger partial charge in [-0.15, -0.1) is 0 Å². The van der Waals surface area contributed by atoms with E-state index < -0.39 is 16.0 Å². The molecule has 7 heteroatoms. The summed E-state index contributed by atoms with van der Waals surface area (Å²) in [6.45, 7) is 0. The Hall–Kier alpha value is -1.31. The number of hydrogen-bond donors (Lipinski definition) is 2. The molecular weight excluding hydrogens is 310 g/mol. The third-order valence-corrected chi connectivity index (χ3v) is 5.70.